The van der Waals surface area contributed by atoms with Crippen molar-refractivity contribution >= 4 is 11.8 Å². The number of nitrogens with one attached hydrogen (secondary N) is 1. The molecule has 0 bridgehead atoms. The van der Waals surface area contributed by atoms with Crippen molar-refractivity contribution in [2.24, 2.45) is 0 Å². The smallest absolute Gasteiger partial charge is 0.119 e. The molecular formula is C16H19NOS. The maximum absolute atomic E-state index is 5.21. The maximum atomic E-state index is 5.21. The van der Waals surface area contributed by atoms with Gasteiger partial charge in [0.25, 0.3) is 0 Å². The first kappa shape index (κ1) is 14.0. The van der Waals surface area contributed by atoms with Gasteiger partial charge in [-0.1, -0.05) is 30.3 Å². The molecule has 0 spiro atoms. The summed E-state index contributed by atoms with van der Waals surface area (Å²) in [6, 6.07) is 18.7. The van der Waals surface area contributed by atoms with Gasteiger partial charge in [-0.2, -0.15) is 0 Å². The molecule has 0 heterocycles. The third-order valence-electron chi connectivity index (χ3n) is 2.75. The molecule has 0 aliphatic carbocycles. The third-order valence-corrected chi connectivity index (χ3v) is 3.77. The first-order valence-electron chi connectivity index (χ1n) is 6.40. The van der Waals surface area contributed by atoms with Gasteiger partial charge in [-0.25, -0.2) is 0 Å². The molecular weight excluding hydrogens is 254 g/mol. The summed E-state index contributed by atoms with van der Waals surface area (Å²) in [4.78, 5) is 1.32. The Bertz CT molecular complexity index is 487. The molecule has 2 rings (SSSR count). The van der Waals surface area contributed by atoms with E-state index in [1.807, 2.05) is 30.0 Å². The molecule has 0 unspecified atom stereocenters. The molecule has 0 atom stereocenters. The number of methoxy groups -OCH3 is 1. The number of thioether (sulfide) groups is 1. The summed E-state index contributed by atoms with van der Waals surface area (Å²) in [5.74, 6) is 1.99. The highest BCUT2D eigenvalue weighted by atomic mass is 32.2. The fraction of sp³-hybridized carbons (Fsp3) is 0.250. The second-order valence-corrected chi connectivity index (χ2v) is 5.36. The second kappa shape index (κ2) is 7.87. The van der Waals surface area contributed by atoms with E-state index in [4.69, 9.17) is 4.74 Å². The summed E-state index contributed by atoms with van der Waals surface area (Å²) in [7, 11) is 1.70. The Morgan fingerprint density at radius 3 is 2.68 bits per heavy atom. The van der Waals surface area contributed by atoms with Crippen LogP contribution in [-0.2, 0) is 6.54 Å². The molecule has 0 fully saturated rings. The molecule has 1 N–H and O–H groups in total. The van der Waals surface area contributed by atoms with Crippen LogP contribution in [0.4, 0.5) is 0 Å². The van der Waals surface area contributed by atoms with E-state index in [0.717, 1.165) is 24.6 Å². The fourth-order valence-corrected chi connectivity index (χ4v) is 2.60. The van der Waals surface area contributed by atoms with Crippen molar-refractivity contribution in [1.29, 1.82) is 0 Å². The SMILES string of the molecule is COc1cccc(CNCCSc2ccccc2)c1. The first-order valence-corrected chi connectivity index (χ1v) is 7.38. The van der Waals surface area contributed by atoms with E-state index in [1.54, 1.807) is 7.11 Å². The number of benzene rings is 2. The van der Waals surface area contributed by atoms with Gasteiger partial charge < -0.3 is 10.1 Å². The van der Waals surface area contributed by atoms with Crippen LogP contribution in [0, 0.1) is 0 Å². The van der Waals surface area contributed by atoms with Gasteiger partial charge in [0.2, 0.25) is 0 Å². The Balaban J connectivity index is 1.66. The van der Waals surface area contributed by atoms with E-state index in [2.05, 4.69) is 41.7 Å². The standard InChI is InChI=1S/C16H19NOS/c1-18-15-7-5-6-14(12-15)13-17-10-11-19-16-8-3-2-4-9-16/h2-9,12,17H,10-11,13H2,1H3. The van der Waals surface area contributed by atoms with E-state index in [1.165, 1.54) is 10.5 Å². The minimum atomic E-state index is 0.881. The Morgan fingerprint density at radius 2 is 1.89 bits per heavy atom. The van der Waals surface area contributed by atoms with Gasteiger partial charge in [0.15, 0.2) is 0 Å². The average Bonchev–Trinajstić information content (AvgIpc) is 2.48. The second-order valence-electron chi connectivity index (χ2n) is 4.19. The van der Waals surface area contributed by atoms with Crippen LogP contribution >= 0.6 is 11.8 Å². The average molecular weight is 273 g/mol. The molecule has 0 aliphatic heterocycles. The van der Waals surface area contributed by atoms with Crippen LogP contribution in [-0.4, -0.2) is 19.4 Å². The van der Waals surface area contributed by atoms with Crippen molar-refractivity contribution < 1.29 is 4.74 Å². The van der Waals surface area contributed by atoms with Crippen LogP contribution in [0.1, 0.15) is 5.56 Å². The highest BCUT2D eigenvalue weighted by Gasteiger charge is 1.96. The maximum Gasteiger partial charge on any atom is 0.119 e. The number of hydrogen-bond acceptors (Lipinski definition) is 3. The first-order chi connectivity index (χ1) is 9.38. The lowest BCUT2D eigenvalue weighted by atomic mass is 10.2. The summed E-state index contributed by atoms with van der Waals surface area (Å²) in [6.07, 6.45) is 0. The molecule has 0 amide bonds. The predicted octanol–water partition coefficient (Wildman–Crippen LogP) is 3.58. The van der Waals surface area contributed by atoms with Gasteiger partial charge >= 0.3 is 0 Å². The van der Waals surface area contributed by atoms with Crippen LogP contribution in [0.2, 0.25) is 0 Å². The zero-order valence-corrected chi connectivity index (χ0v) is 12.0. The van der Waals surface area contributed by atoms with Crippen LogP contribution in [0.3, 0.4) is 0 Å². The molecule has 0 radical (unpaired) electrons. The number of hydrogen-bond donors (Lipinski definition) is 1. The van der Waals surface area contributed by atoms with E-state index in [0.29, 0.717) is 0 Å². The van der Waals surface area contributed by atoms with Gasteiger partial charge in [0.1, 0.15) is 5.75 Å². The van der Waals surface area contributed by atoms with Gasteiger partial charge in [0, 0.05) is 23.7 Å². The highest BCUT2D eigenvalue weighted by Crippen LogP contribution is 2.16. The fourth-order valence-electron chi connectivity index (χ4n) is 1.77. The van der Waals surface area contributed by atoms with Crippen molar-refractivity contribution in [3.8, 4) is 5.75 Å². The Kier molecular flexibility index (Phi) is 5.79. The molecule has 2 nitrogen and oxygen atoms in total. The minimum Gasteiger partial charge on any atom is -0.497 e. The van der Waals surface area contributed by atoms with Crippen LogP contribution in [0.15, 0.2) is 59.5 Å². The normalized spacial score (nSPS) is 10.4. The van der Waals surface area contributed by atoms with Gasteiger partial charge in [-0.3, -0.25) is 0 Å². The van der Waals surface area contributed by atoms with Crippen LogP contribution in [0.5, 0.6) is 5.75 Å². The van der Waals surface area contributed by atoms with Crippen molar-refractivity contribution in [3.05, 3.63) is 60.2 Å². The summed E-state index contributed by atoms with van der Waals surface area (Å²) in [5, 5.41) is 3.45. The highest BCUT2D eigenvalue weighted by molar-refractivity contribution is 7.99. The molecule has 2 aromatic rings. The summed E-state index contributed by atoms with van der Waals surface area (Å²) in [6.45, 7) is 1.88. The van der Waals surface area contributed by atoms with Crippen molar-refractivity contribution in [1.82, 2.24) is 5.32 Å². The van der Waals surface area contributed by atoms with Gasteiger partial charge in [-0.05, 0) is 29.8 Å². The monoisotopic (exact) mass is 273 g/mol. The molecule has 0 aliphatic rings. The van der Waals surface area contributed by atoms with E-state index in [9.17, 15) is 0 Å². The van der Waals surface area contributed by atoms with Crippen molar-refractivity contribution in [2.75, 3.05) is 19.4 Å². The van der Waals surface area contributed by atoms with E-state index in [-0.39, 0.29) is 0 Å². The molecule has 100 valence electrons. The Labute approximate surface area is 119 Å². The van der Waals surface area contributed by atoms with Gasteiger partial charge in [-0.15, -0.1) is 11.8 Å². The zero-order valence-electron chi connectivity index (χ0n) is 11.1. The molecule has 3 heteroatoms. The lowest BCUT2D eigenvalue weighted by molar-refractivity contribution is 0.414. The third kappa shape index (κ3) is 4.97. The Morgan fingerprint density at radius 1 is 1.05 bits per heavy atom. The number of rotatable bonds is 7. The zero-order chi connectivity index (χ0) is 13.3. The van der Waals surface area contributed by atoms with Crippen LogP contribution < -0.4 is 10.1 Å². The lowest BCUT2D eigenvalue weighted by Crippen LogP contribution is -2.16. The van der Waals surface area contributed by atoms with Gasteiger partial charge in [0.05, 0.1) is 7.11 Å². The lowest BCUT2D eigenvalue weighted by Gasteiger charge is -2.06. The van der Waals surface area contributed by atoms with Crippen LogP contribution in [0.25, 0.3) is 0 Å². The molecule has 0 saturated heterocycles. The summed E-state index contributed by atoms with van der Waals surface area (Å²) >= 11 is 1.88. The quantitative estimate of drug-likeness (QED) is 0.615. The molecule has 19 heavy (non-hydrogen) atoms. The largest absolute Gasteiger partial charge is 0.497 e. The van der Waals surface area contributed by atoms with Crippen molar-refractivity contribution in [3.63, 3.8) is 0 Å². The summed E-state index contributed by atoms with van der Waals surface area (Å²) in [5.41, 5.74) is 1.25. The Hall–Kier alpha value is -1.45. The van der Waals surface area contributed by atoms with E-state index >= 15 is 0 Å². The minimum absolute atomic E-state index is 0.881. The topological polar surface area (TPSA) is 21.3 Å². The summed E-state index contributed by atoms with van der Waals surface area (Å²) < 4.78 is 5.21. The predicted molar refractivity (Wildman–Crippen MR) is 81.9 cm³/mol. The molecule has 0 aromatic heterocycles. The molecule has 0 saturated carbocycles. The van der Waals surface area contributed by atoms with Crippen molar-refractivity contribution in [2.45, 2.75) is 11.4 Å². The molecule has 2 aromatic carbocycles. The van der Waals surface area contributed by atoms with E-state index < -0.39 is 0 Å². The number of ether oxygens (including phenoxy) is 1.